The van der Waals surface area contributed by atoms with Crippen LogP contribution in [0.25, 0.3) is 0 Å². The minimum absolute atomic E-state index is 0.0893. The van der Waals surface area contributed by atoms with Gasteiger partial charge in [-0.25, -0.2) is 0 Å². The number of phenolic OH excluding ortho intramolecular Hbond substituents is 3. The molecule has 3 heteroatoms. The van der Waals surface area contributed by atoms with E-state index in [1.165, 1.54) is 6.07 Å². The molecule has 0 aliphatic heterocycles. The number of aromatic hydroxyl groups is 3. The van der Waals surface area contributed by atoms with Crippen LogP contribution in [0.1, 0.15) is 27.8 Å². The maximum atomic E-state index is 9.86. The fraction of sp³-hybridized carbons (Fsp3) is 0.250. The van der Waals surface area contributed by atoms with Crippen LogP contribution in [0.5, 0.6) is 17.2 Å². The van der Waals surface area contributed by atoms with E-state index in [1.807, 2.05) is 26.0 Å². The van der Waals surface area contributed by atoms with E-state index in [0.29, 0.717) is 12.2 Å². The average Bonchev–Trinajstić information content (AvgIpc) is 2.33. The Morgan fingerprint density at radius 3 is 1.89 bits per heavy atom. The smallest absolute Gasteiger partial charge is 0.122 e. The maximum Gasteiger partial charge on any atom is 0.122 e. The molecule has 0 heterocycles. The van der Waals surface area contributed by atoms with E-state index in [1.54, 1.807) is 13.0 Å². The van der Waals surface area contributed by atoms with Crippen LogP contribution < -0.4 is 0 Å². The van der Waals surface area contributed by atoms with Gasteiger partial charge in [0.25, 0.3) is 0 Å². The molecule has 3 nitrogen and oxygen atoms in total. The Labute approximate surface area is 112 Å². The Bertz CT molecular complexity index is 607. The van der Waals surface area contributed by atoms with Crippen LogP contribution in [-0.2, 0) is 6.42 Å². The van der Waals surface area contributed by atoms with Crippen molar-refractivity contribution < 1.29 is 15.3 Å². The van der Waals surface area contributed by atoms with Crippen LogP contribution in [0.4, 0.5) is 0 Å². The molecule has 0 atom stereocenters. The van der Waals surface area contributed by atoms with Crippen molar-refractivity contribution >= 4 is 0 Å². The fourth-order valence-corrected chi connectivity index (χ4v) is 2.25. The Hall–Kier alpha value is -2.16. The normalized spacial score (nSPS) is 10.7. The summed E-state index contributed by atoms with van der Waals surface area (Å²) in [5, 5.41) is 29.1. The molecule has 19 heavy (non-hydrogen) atoms. The zero-order chi connectivity index (χ0) is 14.2. The summed E-state index contributed by atoms with van der Waals surface area (Å²) in [5.74, 6) is 0.501. The summed E-state index contributed by atoms with van der Waals surface area (Å²) in [6.45, 7) is 5.51. The van der Waals surface area contributed by atoms with E-state index in [4.69, 9.17) is 0 Å². The first-order chi connectivity index (χ1) is 8.88. The van der Waals surface area contributed by atoms with Crippen molar-refractivity contribution in [1.29, 1.82) is 0 Å². The third-order valence-electron chi connectivity index (χ3n) is 3.34. The second-order valence-corrected chi connectivity index (χ2v) is 5.02. The Morgan fingerprint density at radius 2 is 1.32 bits per heavy atom. The lowest BCUT2D eigenvalue weighted by atomic mass is 9.98. The third kappa shape index (κ3) is 2.65. The summed E-state index contributed by atoms with van der Waals surface area (Å²) in [6, 6.07) is 6.96. The highest BCUT2D eigenvalue weighted by Gasteiger charge is 2.09. The van der Waals surface area contributed by atoms with Gasteiger partial charge >= 0.3 is 0 Å². The number of aryl methyl sites for hydroxylation is 3. The van der Waals surface area contributed by atoms with E-state index in [-0.39, 0.29) is 11.5 Å². The minimum Gasteiger partial charge on any atom is -0.508 e. The van der Waals surface area contributed by atoms with Crippen LogP contribution in [0.15, 0.2) is 24.3 Å². The Kier molecular flexibility index (Phi) is 3.38. The molecule has 0 bridgehead atoms. The van der Waals surface area contributed by atoms with Gasteiger partial charge in [0, 0.05) is 12.5 Å². The second-order valence-electron chi connectivity index (χ2n) is 5.02. The number of hydrogen-bond acceptors (Lipinski definition) is 3. The molecule has 0 amide bonds. The first-order valence-corrected chi connectivity index (χ1v) is 6.19. The summed E-state index contributed by atoms with van der Waals surface area (Å²) < 4.78 is 0. The van der Waals surface area contributed by atoms with Gasteiger partial charge in [-0.05, 0) is 54.7 Å². The van der Waals surface area contributed by atoms with E-state index < -0.39 is 0 Å². The van der Waals surface area contributed by atoms with Crippen LogP contribution in [0.2, 0.25) is 0 Å². The Balaban J connectivity index is 2.39. The summed E-state index contributed by atoms with van der Waals surface area (Å²) in [4.78, 5) is 0. The molecule has 0 aromatic heterocycles. The Morgan fingerprint density at radius 1 is 0.737 bits per heavy atom. The lowest BCUT2D eigenvalue weighted by molar-refractivity contribution is 0.444. The summed E-state index contributed by atoms with van der Waals surface area (Å²) in [6.07, 6.45) is 0.564. The van der Waals surface area contributed by atoms with Crippen LogP contribution in [0, 0.1) is 20.8 Å². The van der Waals surface area contributed by atoms with Crippen molar-refractivity contribution in [2.75, 3.05) is 0 Å². The molecule has 2 aromatic carbocycles. The number of phenols is 3. The highest BCUT2D eigenvalue weighted by Crippen LogP contribution is 2.30. The fourth-order valence-electron chi connectivity index (χ4n) is 2.25. The summed E-state index contributed by atoms with van der Waals surface area (Å²) >= 11 is 0. The molecule has 2 aromatic rings. The van der Waals surface area contributed by atoms with Crippen molar-refractivity contribution in [2.24, 2.45) is 0 Å². The molecule has 0 aliphatic carbocycles. The van der Waals surface area contributed by atoms with Gasteiger partial charge in [-0.1, -0.05) is 12.1 Å². The van der Waals surface area contributed by atoms with Gasteiger partial charge in [0.15, 0.2) is 0 Å². The van der Waals surface area contributed by atoms with E-state index in [9.17, 15) is 15.3 Å². The van der Waals surface area contributed by atoms with Crippen molar-refractivity contribution in [3.63, 3.8) is 0 Å². The molecule has 100 valence electrons. The molecule has 0 aliphatic rings. The molecule has 0 unspecified atom stereocenters. The first kappa shape index (κ1) is 13.3. The van der Waals surface area contributed by atoms with Gasteiger partial charge in [0.05, 0.1) is 0 Å². The molecule has 0 fully saturated rings. The molecular formula is C16H18O3. The van der Waals surface area contributed by atoms with Crippen LogP contribution >= 0.6 is 0 Å². The molecule has 0 spiro atoms. The van der Waals surface area contributed by atoms with Gasteiger partial charge in [-0.3, -0.25) is 0 Å². The van der Waals surface area contributed by atoms with Gasteiger partial charge in [0.1, 0.15) is 17.2 Å². The average molecular weight is 258 g/mol. The van der Waals surface area contributed by atoms with E-state index >= 15 is 0 Å². The minimum atomic E-state index is 0.0893. The largest absolute Gasteiger partial charge is 0.508 e. The van der Waals surface area contributed by atoms with Crippen molar-refractivity contribution in [3.05, 3.63) is 52.1 Å². The summed E-state index contributed by atoms with van der Waals surface area (Å²) in [5.41, 5.74) is 4.17. The maximum absolute atomic E-state index is 9.86. The van der Waals surface area contributed by atoms with Crippen molar-refractivity contribution in [2.45, 2.75) is 27.2 Å². The highest BCUT2D eigenvalue weighted by molar-refractivity contribution is 5.48. The van der Waals surface area contributed by atoms with Crippen molar-refractivity contribution in [3.8, 4) is 17.2 Å². The number of rotatable bonds is 2. The predicted octanol–water partition coefficient (Wildman–Crippen LogP) is 3.32. The van der Waals surface area contributed by atoms with Gasteiger partial charge in [-0.15, -0.1) is 0 Å². The molecule has 3 N–H and O–H groups in total. The van der Waals surface area contributed by atoms with Gasteiger partial charge in [-0.2, -0.15) is 0 Å². The third-order valence-corrected chi connectivity index (χ3v) is 3.34. The molecule has 0 radical (unpaired) electrons. The van der Waals surface area contributed by atoms with Crippen LogP contribution in [0.3, 0.4) is 0 Å². The molecular weight excluding hydrogens is 240 g/mol. The van der Waals surface area contributed by atoms with Gasteiger partial charge < -0.3 is 15.3 Å². The monoisotopic (exact) mass is 258 g/mol. The van der Waals surface area contributed by atoms with Crippen molar-refractivity contribution in [1.82, 2.24) is 0 Å². The molecule has 2 rings (SSSR count). The SMILES string of the molecule is Cc1cc(Cc2cc(C)c(O)c(C)c2)c(O)cc1O. The van der Waals surface area contributed by atoms with E-state index in [0.717, 1.165) is 27.8 Å². The number of hydrogen-bond donors (Lipinski definition) is 3. The zero-order valence-corrected chi connectivity index (χ0v) is 11.4. The molecule has 0 saturated heterocycles. The topological polar surface area (TPSA) is 60.7 Å². The number of benzene rings is 2. The summed E-state index contributed by atoms with van der Waals surface area (Å²) in [7, 11) is 0. The second kappa shape index (κ2) is 4.84. The van der Waals surface area contributed by atoms with Gasteiger partial charge in [0.2, 0.25) is 0 Å². The predicted molar refractivity (Wildman–Crippen MR) is 74.9 cm³/mol. The molecule has 0 saturated carbocycles. The zero-order valence-electron chi connectivity index (χ0n) is 11.4. The van der Waals surface area contributed by atoms with Crippen LogP contribution in [-0.4, -0.2) is 15.3 Å². The standard InChI is InChI=1S/C16H18O3/c1-9-6-13(15(18)8-14(9)17)7-12-4-10(2)16(19)11(3)5-12/h4-6,8,17-19H,7H2,1-3H3. The lowest BCUT2D eigenvalue weighted by Gasteiger charge is -2.10. The highest BCUT2D eigenvalue weighted by atomic mass is 16.3. The van der Waals surface area contributed by atoms with E-state index in [2.05, 4.69) is 0 Å². The lowest BCUT2D eigenvalue weighted by Crippen LogP contribution is -1.93. The quantitative estimate of drug-likeness (QED) is 0.774. The first-order valence-electron chi connectivity index (χ1n) is 6.19.